The second-order valence-corrected chi connectivity index (χ2v) is 6.03. The first-order chi connectivity index (χ1) is 11.0. The Morgan fingerprint density at radius 1 is 1.04 bits per heavy atom. The summed E-state index contributed by atoms with van der Waals surface area (Å²) in [6.45, 7) is 1.55. The molecule has 7 heteroatoms. The van der Waals surface area contributed by atoms with Crippen LogP contribution in [0, 0.1) is 11.6 Å². The number of benzene rings is 2. The van der Waals surface area contributed by atoms with E-state index in [9.17, 15) is 18.4 Å². The van der Waals surface area contributed by atoms with Crippen molar-refractivity contribution in [2.75, 3.05) is 0 Å². The van der Waals surface area contributed by atoms with Crippen LogP contribution in [0.25, 0.3) is 0 Å². The molecule has 4 nitrogen and oxygen atoms in total. The maximum atomic E-state index is 13.5. The average molecular weight is 336 g/mol. The Balaban J connectivity index is 1.89. The zero-order valence-corrected chi connectivity index (χ0v) is 13.0. The molecular weight excluding hydrogens is 322 g/mol. The summed E-state index contributed by atoms with van der Waals surface area (Å²) in [6.07, 6.45) is 0. The van der Waals surface area contributed by atoms with E-state index in [0.717, 1.165) is 23.9 Å². The normalized spacial score (nSPS) is 11.6. The number of nitrogens with one attached hydrogen (secondary N) is 2. The van der Waals surface area contributed by atoms with E-state index in [1.54, 1.807) is 37.3 Å². The number of hydrogen-bond donors (Lipinski definition) is 2. The number of hydrogen-bond acceptors (Lipinski definition) is 3. The molecule has 0 aliphatic rings. The molecule has 0 bridgehead atoms. The maximum Gasteiger partial charge on any atom is 0.269 e. The minimum Gasteiger partial charge on any atom is -0.272 e. The molecule has 2 aromatic rings. The fraction of sp³-hybridized carbons (Fsp3) is 0.125. The molecule has 0 spiro atoms. The highest BCUT2D eigenvalue weighted by atomic mass is 32.2. The number of carbonyl (C=O) groups excluding carboxylic acids is 2. The highest BCUT2D eigenvalue weighted by Gasteiger charge is 2.17. The van der Waals surface area contributed by atoms with E-state index in [1.165, 1.54) is 6.07 Å². The van der Waals surface area contributed by atoms with E-state index in [2.05, 4.69) is 10.9 Å². The molecule has 0 heterocycles. The Morgan fingerprint density at radius 2 is 1.74 bits per heavy atom. The van der Waals surface area contributed by atoms with Gasteiger partial charge in [0.2, 0.25) is 0 Å². The van der Waals surface area contributed by atoms with Gasteiger partial charge in [0.05, 0.1) is 5.25 Å². The van der Waals surface area contributed by atoms with Crippen LogP contribution in [-0.4, -0.2) is 17.1 Å². The van der Waals surface area contributed by atoms with Gasteiger partial charge in [-0.3, -0.25) is 20.4 Å². The molecule has 23 heavy (non-hydrogen) atoms. The van der Waals surface area contributed by atoms with Crippen molar-refractivity contribution < 1.29 is 18.4 Å². The molecule has 0 aliphatic heterocycles. The van der Waals surface area contributed by atoms with Gasteiger partial charge in [-0.15, -0.1) is 11.8 Å². The van der Waals surface area contributed by atoms with Gasteiger partial charge in [-0.2, -0.15) is 0 Å². The number of carbonyl (C=O) groups is 2. The van der Waals surface area contributed by atoms with Crippen molar-refractivity contribution in [3.8, 4) is 0 Å². The predicted molar refractivity (Wildman–Crippen MR) is 83.7 cm³/mol. The summed E-state index contributed by atoms with van der Waals surface area (Å²) in [5.41, 5.74) is 4.96. The second kappa shape index (κ2) is 7.73. The highest BCUT2D eigenvalue weighted by molar-refractivity contribution is 8.00. The summed E-state index contributed by atoms with van der Waals surface area (Å²) in [4.78, 5) is 23.9. The van der Waals surface area contributed by atoms with E-state index in [1.807, 2.05) is 0 Å². The molecular formula is C16H14F2N2O2S. The van der Waals surface area contributed by atoms with Crippen LogP contribution in [-0.2, 0) is 4.79 Å². The second-order valence-electron chi connectivity index (χ2n) is 4.64. The number of thioether (sulfide) groups is 1. The van der Waals surface area contributed by atoms with Crippen molar-refractivity contribution in [3.63, 3.8) is 0 Å². The lowest BCUT2D eigenvalue weighted by Gasteiger charge is -2.13. The van der Waals surface area contributed by atoms with Crippen LogP contribution < -0.4 is 10.9 Å². The molecule has 0 saturated heterocycles. The van der Waals surface area contributed by atoms with Gasteiger partial charge in [-0.25, -0.2) is 8.78 Å². The number of hydrazine groups is 1. The number of halogens is 2. The van der Waals surface area contributed by atoms with Gasteiger partial charge in [0.1, 0.15) is 11.6 Å². The Morgan fingerprint density at radius 3 is 2.39 bits per heavy atom. The van der Waals surface area contributed by atoms with Crippen LogP contribution in [0.2, 0.25) is 0 Å². The third kappa shape index (κ3) is 4.79. The third-order valence-corrected chi connectivity index (χ3v) is 4.05. The van der Waals surface area contributed by atoms with Crippen LogP contribution in [0.3, 0.4) is 0 Å². The van der Waals surface area contributed by atoms with E-state index in [0.29, 0.717) is 5.56 Å². The monoisotopic (exact) mass is 336 g/mol. The first-order valence-electron chi connectivity index (χ1n) is 6.74. The van der Waals surface area contributed by atoms with Crippen LogP contribution in [0.15, 0.2) is 53.4 Å². The molecule has 1 atom stereocenters. The molecule has 0 saturated carbocycles. The van der Waals surface area contributed by atoms with Crippen LogP contribution >= 0.6 is 11.8 Å². The SMILES string of the molecule is C[C@H](Sc1ccc(F)cc1F)C(=O)NNC(=O)c1ccccc1. The van der Waals surface area contributed by atoms with E-state index in [-0.39, 0.29) is 4.90 Å². The van der Waals surface area contributed by atoms with Crippen molar-refractivity contribution in [3.05, 3.63) is 65.7 Å². The number of rotatable bonds is 4. The summed E-state index contributed by atoms with van der Waals surface area (Å²) in [5.74, 6) is -2.37. The van der Waals surface area contributed by atoms with E-state index >= 15 is 0 Å². The Labute approximate surface area is 136 Å². The summed E-state index contributed by atoms with van der Waals surface area (Å²) < 4.78 is 26.4. The summed E-state index contributed by atoms with van der Waals surface area (Å²) in [6, 6.07) is 11.5. The van der Waals surface area contributed by atoms with Gasteiger partial charge in [-0.05, 0) is 31.2 Å². The molecule has 0 aromatic heterocycles. The van der Waals surface area contributed by atoms with Crippen molar-refractivity contribution in [2.24, 2.45) is 0 Å². The molecule has 2 N–H and O–H groups in total. The molecule has 120 valence electrons. The first-order valence-corrected chi connectivity index (χ1v) is 7.62. The molecule has 2 rings (SSSR count). The minimum atomic E-state index is -0.733. The van der Waals surface area contributed by atoms with Gasteiger partial charge in [0.25, 0.3) is 11.8 Å². The molecule has 0 unspecified atom stereocenters. The molecule has 0 aliphatic carbocycles. The fourth-order valence-corrected chi connectivity index (χ4v) is 2.56. The quantitative estimate of drug-likeness (QED) is 0.667. The zero-order chi connectivity index (χ0) is 16.8. The van der Waals surface area contributed by atoms with Gasteiger partial charge in [0, 0.05) is 16.5 Å². The highest BCUT2D eigenvalue weighted by Crippen LogP contribution is 2.26. The van der Waals surface area contributed by atoms with Gasteiger partial charge >= 0.3 is 0 Å². The first kappa shape index (κ1) is 17.0. The molecule has 2 amide bonds. The minimum absolute atomic E-state index is 0.156. The average Bonchev–Trinajstić information content (AvgIpc) is 2.55. The molecule has 0 radical (unpaired) electrons. The smallest absolute Gasteiger partial charge is 0.269 e. The lowest BCUT2D eigenvalue weighted by Crippen LogP contribution is -2.44. The zero-order valence-electron chi connectivity index (χ0n) is 12.2. The van der Waals surface area contributed by atoms with Crippen LogP contribution in [0.4, 0.5) is 8.78 Å². The lowest BCUT2D eigenvalue weighted by atomic mass is 10.2. The third-order valence-electron chi connectivity index (χ3n) is 2.90. The summed E-state index contributed by atoms with van der Waals surface area (Å²) >= 11 is 0.929. The molecule has 2 aromatic carbocycles. The topological polar surface area (TPSA) is 58.2 Å². The van der Waals surface area contributed by atoms with Crippen LogP contribution in [0.1, 0.15) is 17.3 Å². The summed E-state index contributed by atoms with van der Waals surface area (Å²) in [7, 11) is 0. The largest absolute Gasteiger partial charge is 0.272 e. The fourth-order valence-electron chi connectivity index (χ4n) is 1.70. The lowest BCUT2D eigenvalue weighted by molar-refractivity contribution is -0.121. The Bertz CT molecular complexity index is 710. The summed E-state index contributed by atoms with van der Waals surface area (Å²) in [5, 5.41) is -0.675. The Hall–Kier alpha value is -2.41. The van der Waals surface area contributed by atoms with Gasteiger partial charge < -0.3 is 0 Å². The standard InChI is InChI=1S/C16H14F2N2O2S/c1-10(23-14-8-7-12(17)9-13(14)18)15(21)19-20-16(22)11-5-3-2-4-6-11/h2-10H,1H3,(H,19,21)(H,20,22)/t10-/m0/s1. The van der Waals surface area contributed by atoms with Crippen LogP contribution in [0.5, 0.6) is 0 Å². The van der Waals surface area contributed by atoms with Gasteiger partial charge in [-0.1, -0.05) is 18.2 Å². The van der Waals surface area contributed by atoms with Gasteiger partial charge in [0.15, 0.2) is 0 Å². The van der Waals surface area contributed by atoms with E-state index in [4.69, 9.17) is 0 Å². The maximum absolute atomic E-state index is 13.5. The van der Waals surface area contributed by atoms with Crippen molar-refractivity contribution in [2.45, 2.75) is 17.1 Å². The predicted octanol–water partition coefficient (Wildman–Crippen LogP) is 2.91. The number of amides is 2. The van der Waals surface area contributed by atoms with E-state index < -0.39 is 28.7 Å². The Kier molecular flexibility index (Phi) is 5.70. The molecule has 0 fully saturated rings. The van der Waals surface area contributed by atoms with Crippen molar-refractivity contribution >= 4 is 23.6 Å². The van der Waals surface area contributed by atoms with Crippen molar-refractivity contribution in [1.29, 1.82) is 0 Å². The van der Waals surface area contributed by atoms with Crippen molar-refractivity contribution in [1.82, 2.24) is 10.9 Å².